The molecule has 1 amide bonds. The Kier molecular flexibility index (Phi) is 3.50. The summed E-state index contributed by atoms with van der Waals surface area (Å²) in [7, 11) is 0. The zero-order chi connectivity index (χ0) is 16.3. The molecule has 0 unspecified atom stereocenters. The Morgan fingerprint density at radius 2 is 1.82 bits per heavy atom. The van der Waals surface area contributed by atoms with Crippen LogP contribution in [0.25, 0.3) is 0 Å². The Labute approximate surface area is 143 Å². The van der Waals surface area contributed by atoms with E-state index in [0.29, 0.717) is 10.7 Å². The summed E-state index contributed by atoms with van der Waals surface area (Å²) in [4.78, 5) is 25.3. The number of hydrogen-bond acceptors (Lipinski definition) is 2. The molecule has 0 aliphatic heterocycles. The van der Waals surface area contributed by atoms with Gasteiger partial charge >= 0.3 is 0 Å². The number of amides is 1. The van der Waals surface area contributed by atoms with Gasteiger partial charge in [0, 0.05) is 16.1 Å². The lowest BCUT2D eigenvalue weighted by atomic mass is 9.64. The Balaban J connectivity index is 1.97. The molecule has 2 fully saturated rings. The second-order valence-electron chi connectivity index (χ2n) is 7.12. The van der Waals surface area contributed by atoms with Gasteiger partial charge in [-0.1, -0.05) is 48.3 Å². The number of nitrogens with one attached hydrogen (secondary N) is 1. The number of carbonyl (C=O) groups is 2. The van der Waals surface area contributed by atoms with Crippen LogP contribution in [0.15, 0.2) is 24.3 Å². The van der Waals surface area contributed by atoms with Gasteiger partial charge < -0.3 is 5.32 Å². The predicted octanol–water partition coefficient (Wildman–Crippen LogP) is 4.44. The van der Waals surface area contributed by atoms with Crippen molar-refractivity contribution < 1.29 is 9.59 Å². The van der Waals surface area contributed by atoms with E-state index < -0.39 is 15.7 Å². The molecule has 22 heavy (non-hydrogen) atoms. The molecule has 0 saturated heterocycles. The van der Waals surface area contributed by atoms with Crippen LogP contribution in [0.5, 0.6) is 0 Å². The van der Waals surface area contributed by atoms with E-state index in [9.17, 15) is 9.59 Å². The van der Waals surface area contributed by atoms with Crippen LogP contribution >= 0.6 is 27.5 Å². The molecule has 1 N–H and O–H groups in total. The monoisotopic (exact) mass is 383 g/mol. The molecular formula is C17H19BrClNO2. The van der Waals surface area contributed by atoms with Gasteiger partial charge in [0.05, 0.1) is 10.2 Å². The highest BCUT2D eigenvalue weighted by atomic mass is 79.9. The third-order valence-electron chi connectivity index (χ3n) is 6.23. The molecule has 2 bridgehead atoms. The number of carbonyl (C=O) groups excluding carboxylic acids is 2. The zero-order valence-corrected chi connectivity index (χ0v) is 15.2. The number of hydrogen-bond donors (Lipinski definition) is 1. The van der Waals surface area contributed by atoms with E-state index >= 15 is 0 Å². The minimum absolute atomic E-state index is 0.0868. The number of ketones is 1. The second kappa shape index (κ2) is 4.81. The number of benzene rings is 1. The maximum absolute atomic E-state index is 13.1. The first-order chi connectivity index (χ1) is 10.2. The normalized spacial score (nSPS) is 35.7. The third-order valence-corrected chi connectivity index (χ3v) is 7.68. The average molecular weight is 385 g/mol. The fourth-order valence-corrected chi connectivity index (χ4v) is 5.87. The van der Waals surface area contributed by atoms with Crippen molar-refractivity contribution in [2.24, 2.45) is 16.2 Å². The molecule has 3 atom stereocenters. The summed E-state index contributed by atoms with van der Waals surface area (Å²) in [6, 6.07) is 7.03. The smallest absolute Gasteiger partial charge is 0.232 e. The van der Waals surface area contributed by atoms with Gasteiger partial charge in [-0.2, -0.15) is 0 Å². The topological polar surface area (TPSA) is 46.2 Å². The van der Waals surface area contributed by atoms with Crippen LogP contribution in [0.2, 0.25) is 5.02 Å². The minimum atomic E-state index is -0.710. The quantitative estimate of drug-likeness (QED) is 0.766. The van der Waals surface area contributed by atoms with Gasteiger partial charge in [-0.15, -0.1) is 0 Å². The maximum Gasteiger partial charge on any atom is 0.232 e. The van der Waals surface area contributed by atoms with Gasteiger partial charge in [-0.3, -0.25) is 9.59 Å². The van der Waals surface area contributed by atoms with E-state index in [1.807, 2.05) is 20.8 Å². The fraction of sp³-hybridized carbons (Fsp3) is 0.529. The summed E-state index contributed by atoms with van der Waals surface area (Å²) in [5, 5.41) is 3.60. The number of rotatable bonds is 2. The fourth-order valence-electron chi connectivity index (χ4n) is 4.23. The summed E-state index contributed by atoms with van der Waals surface area (Å²) < 4.78 is 0. The lowest BCUT2D eigenvalue weighted by Crippen LogP contribution is -2.47. The highest BCUT2D eigenvalue weighted by Crippen LogP contribution is 2.72. The van der Waals surface area contributed by atoms with Crippen molar-refractivity contribution in [3.05, 3.63) is 29.3 Å². The van der Waals surface area contributed by atoms with Gasteiger partial charge in [-0.25, -0.2) is 0 Å². The van der Waals surface area contributed by atoms with Crippen LogP contribution in [-0.2, 0) is 9.59 Å². The summed E-state index contributed by atoms with van der Waals surface area (Å²) in [6.07, 6.45) is 1.48. The van der Waals surface area contributed by atoms with Crippen molar-refractivity contribution in [1.82, 2.24) is 0 Å². The molecule has 5 heteroatoms. The van der Waals surface area contributed by atoms with Crippen molar-refractivity contribution in [1.29, 1.82) is 0 Å². The van der Waals surface area contributed by atoms with E-state index in [-0.39, 0.29) is 17.1 Å². The van der Waals surface area contributed by atoms with Crippen LogP contribution < -0.4 is 5.32 Å². The van der Waals surface area contributed by atoms with Crippen molar-refractivity contribution in [2.45, 2.75) is 38.4 Å². The molecular weight excluding hydrogens is 366 g/mol. The summed E-state index contributed by atoms with van der Waals surface area (Å²) in [6.45, 7) is 6.08. The third kappa shape index (κ3) is 1.74. The molecule has 3 nitrogen and oxygen atoms in total. The lowest BCUT2D eigenvalue weighted by Gasteiger charge is -2.39. The van der Waals surface area contributed by atoms with Gasteiger partial charge in [0.2, 0.25) is 5.91 Å². The molecule has 118 valence electrons. The first-order valence-electron chi connectivity index (χ1n) is 7.42. The predicted molar refractivity (Wildman–Crippen MR) is 91.4 cm³/mol. The summed E-state index contributed by atoms with van der Waals surface area (Å²) in [5.74, 6) is 0.0614. The number of anilines is 1. The van der Waals surface area contributed by atoms with Gasteiger partial charge in [0.25, 0.3) is 0 Å². The average Bonchev–Trinajstić information content (AvgIpc) is 2.74. The van der Waals surface area contributed by atoms with E-state index in [1.54, 1.807) is 24.3 Å². The summed E-state index contributed by atoms with van der Waals surface area (Å²) in [5.41, 5.74) is -0.842. The molecule has 2 saturated carbocycles. The van der Waals surface area contributed by atoms with Crippen molar-refractivity contribution >= 4 is 44.9 Å². The summed E-state index contributed by atoms with van der Waals surface area (Å²) >= 11 is 9.40. The van der Waals surface area contributed by atoms with E-state index in [0.717, 1.165) is 12.8 Å². The lowest BCUT2D eigenvalue weighted by molar-refractivity contribution is -0.130. The van der Waals surface area contributed by atoms with Crippen molar-refractivity contribution in [2.75, 3.05) is 5.32 Å². The minimum Gasteiger partial charge on any atom is -0.326 e. The van der Waals surface area contributed by atoms with Gasteiger partial charge in [-0.05, 0) is 42.5 Å². The van der Waals surface area contributed by atoms with Crippen LogP contribution in [0.1, 0.15) is 33.6 Å². The number of fused-ring (bicyclic) bond motifs is 2. The number of alkyl halides is 1. The Hall–Kier alpha value is -0.870. The molecule has 2 aliphatic carbocycles. The first kappa shape index (κ1) is 16.0. The van der Waals surface area contributed by atoms with Crippen molar-refractivity contribution in [3.63, 3.8) is 0 Å². The molecule has 0 radical (unpaired) electrons. The van der Waals surface area contributed by atoms with Crippen LogP contribution in [0, 0.1) is 16.2 Å². The molecule has 0 aromatic heterocycles. The second-order valence-corrected chi connectivity index (χ2v) is 8.47. The van der Waals surface area contributed by atoms with Crippen molar-refractivity contribution in [3.8, 4) is 0 Å². The highest BCUT2D eigenvalue weighted by molar-refractivity contribution is 9.10. The first-order valence-corrected chi connectivity index (χ1v) is 8.71. The molecule has 2 aliphatic rings. The standard InChI is InChI=1S/C17H19BrClNO2/c1-15(2)16(3)8-9-17(15,12(18)13(16)21)14(22)20-11-6-4-10(19)5-7-11/h4-7,12H,8-9H2,1-3H3,(H,20,22)/t12-,16+,17-/m0/s1. The molecule has 3 rings (SSSR count). The Bertz CT molecular complexity index is 657. The Morgan fingerprint density at radius 1 is 1.23 bits per heavy atom. The number of halogens is 2. The molecule has 0 heterocycles. The highest BCUT2D eigenvalue weighted by Gasteiger charge is 2.76. The zero-order valence-electron chi connectivity index (χ0n) is 12.9. The maximum atomic E-state index is 13.1. The van der Waals surface area contributed by atoms with Crippen LogP contribution in [0.3, 0.4) is 0 Å². The largest absolute Gasteiger partial charge is 0.326 e. The SMILES string of the molecule is CC1(C)[C@]2(C)CC[C@@]1(C(=O)Nc1ccc(Cl)cc1)[C@@H](Br)C2=O. The molecule has 0 spiro atoms. The molecule has 1 aromatic carbocycles. The van der Waals surface area contributed by atoms with Gasteiger partial charge in [0.1, 0.15) is 0 Å². The molecule has 1 aromatic rings. The van der Waals surface area contributed by atoms with E-state index in [1.165, 1.54) is 0 Å². The van der Waals surface area contributed by atoms with Crippen LogP contribution in [0.4, 0.5) is 5.69 Å². The van der Waals surface area contributed by atoms with E-state index in [2.05, 4.69) is 21.2 Å². The number of Topliss-reactive ketones (excluding diaryl/α,β-unsaturated/α-hetero) is 1. The van der Waals surface area contributed by atoms with Gasteiger partial charge in [0.15, 0.2) is 5.78 Å². The Morgan fingerprint density at radius 3 is 2.32 bits per heavy atom. The van der Waals surface area contributed by atoms with E-state index in [4.69, 9.17) is 11.6 Å². The van der Waals surface area contributed by atoms with Crippen LogP contribution in [-0.4, -0.2) is 16.5 Å².